The Kier molecular flexibility index (Phi) is 4.65. The summed E-state index contributed by atoms with van der Waals surface area (Å²) in [5, 5.41) is 0. The fraction of sp³-hybridized carbons (Fsp3) is 0.200. The normalized spacial score (nSPS) is 10.3. The molecule has 3 heteroatoms. The molecule has 0 bridgehead atoms. The van der Waals surface area contributed by atoms with E-state index in [1.807, 2.05) is 30.3 Å². The average Bonchev–Trinajstić information content (AvgIpc) is 2.42. The first kappa shape index (κ1) is 13.0. The van der Waals surface area contributed by atoms with E-state index in [4.69, 9.17) is 0 Å². The molecule has 2 aromatic rings. The smallest absolute Gasteiger partial charge is 0.123 e. The largest absolute Gasteiger partial charge is 0.374 e. The van der Waals surface area contributed by atoms with Crippen LogP contribution in [0.1, 0.15) is 0 Å². The summed E-state index contributed by atoms with van der Waals surface area (Å²) >= 11 is 1.74. The van der Waals surface area contributed by atoms with E-state index in [9.17, 15) is 4.39 Å². The van der Waals surface area contributed by atoms with Gasteiger partial charge in [0.25, 0.3) is 0 Å². The quantitative estimate of drug-likeness (QED) is 0.747. The number of halogens is 1. The highest BCUT2D eigenvalue weighted by Gasteiger charge is 2.00. The number of hydrogen-bond donors (Lipinski definition) is 0. The molecular weight excluding hydrogens is 245 g/mol. The lowest BCUT2D eigenvalue weighted by atomic mass is 10.3. The van der Waals surface area contributed by atoms with Crippen molar-refractivity contribution in [3.8, 4) is 0 Å². The van der Waals surface area contributed by atoms with E-state index in [-0.39, 0.29) is 5.82 Å². The van der Waals surface area contributed by atoms with Crippen LogP contribution in [-0.4, -0.2) is 19.3 Å². The van der Waals surface area contributed by atoms with Crippen LogP contribution in [0.25, 0.3) is 0 Å². The fourth-order valence-electron chi connectivity index (χ4n) is 1.64. The number of hydrogen-bond acceptors (Lipinski definition) is 2. The van der Waals surface area contributed by atoms with Crippen molar-refractivity contribution in [2.75, 3.05) is 24.2 Å². The number of para-hydroxylation sites is 1. The first-order chi connectivity index (χ1) is 8.75. The maximum Gasteiger partial charge on any atom is 0.123 e. The van der Waals surface area contributed by atoms with Gasteiger partial charge in [0.2, 0.25) is 0 Å². The molecule has 2 rings (SSSR count). The van der Waals surface area contributed by atoms with E-state index in [0.717, 1.165) is 17.2 Å². The highest BCUT2D eigenvalue weighted by Crippen LogP contribution is 2.19. The molecule has 94 valence electrons. The van der Waals surface area contributed by atoms with Crippen LogP contribution in [-0.2, 0) is 0 Å². The first-order valence-corrected chi connectivity index (χ1v) is 6.89. The van der Waals surface area contributed by atoms with Gasteiger partial charge in [-0.3, -0.25) is 0 Å². The first-order valence-electron chi connectivity index (χ1n) is 5.90. The maximum absolute atomic E-state index is 12.7. The molecular formula is C15H16FNS. The number of benzene rings is 2. The van der Waals surface area contributed by atoms with Gasteiger partial charge in [-0.2, -0.15) is 0 Å². The fourth-order valence-corrected chi connectivity index (χ4v) is 2.57. The van der Waals surface area contributed by atoms with E-state index < -0.39 is 0 Å². The molecule has 0 radical (unpaired) electrons. The third-order valence-electron chi connectivity index (χ3n) is 2.71. The summed E-state index contributed by atoms with van der Waals surface area (Å²) in [7, 11) is 2.08. The van der Waals surface area contributed by atoms with Gasteiger partial charge in [-0.1, -0.05) is 18.2 Å². The second-order valence-corrected chi connectivity index (χ2v) is 5.23. The summed E-state index contributed by atoms with van der Waals surface area (Å²) in [5.41, 5.74) is 1.22. The SMILES string of the molecule is CN(CCSc1ccc(F)cc1)c1ccccc1. The molecule has 0 aliphatic rings. The summed E-state index contributed by atoms with van der Waals surface area (Å²) < 4.78 is 12.7. The van der Waals surface area contributed by atoms with Gasteiger partial charge in [0, 0.05) is 29.9 Å². The van der Waals surface area contributed by atoms with Crippen molar-refractivity contribution >= 4 is 17.4 Å². The Bertz CT molecular complexity index is 470. The molecule has 0 atom stereocenters. The molecule has 0 spiro atoms. The zero-order valence-electron chi connectivity index (χ0n) is 10.3. The van der Waals surface area contributed by atoms with Crippen molar-refractivity contribution in [2.24, 2.45) is 0 Å². The molecule has 18 heavy (non-hydrogen) atoms. The summed E-state index contributed by atoms with van der Waals surface area (Å²) in [6.45, 7) is 0.964. The van der Waals surface area contributed by atoms with Crippen molar-refractivity contribution in [2.45, 2.75) is 4.90 Å². The van der Waals surface area contributed by atoms with Crippen LogP contribution >= 0.6 is 11.8 Å². The van der Waals surface area contributed by atoms with Crippen LogP contribution < -0.4 is 4.90 Å². The average molecular weight is 261 g/mol. The zero-order valence-corrected chi connectivity index (χ0v) is 11.2. The van der Waals surface area contributed by atoms with Crippen LogP contribution in [0.4, 0.5) is 10.1 Å². The number of thioether (sulfide) groups is 1. The Hall–Kier alpha value is -1.48. The van der Waals surface area contributed by atoms with Gasteiger partial charge >= 0.3 is 0 Å². The molecule has 0 saturated carbocycles. The van der Waals surface area contributed by atoms with Crippen LogP contribution in [0.3, 0.4) is 0 Å². The third-order valence-corrected chi connectivity index (χ3v) is 3.70. The highest BCUT2D eigenvalue weighted by molar-refractivity contribution is 7.99. The predicted octanol–water partition coefficient (Wildman–Crippen LogP) is 4.05. The van der Waals surface area contributed by atoms with E-state index in [1.165, 1.54) is 17.8 Å². The number of nitrogens with zero attached hydrogens (tertiary/aromatic N) is 1. The van der Waals surface area contributed by atoms with Crippen LogP contribution in [0, 0.1) is 5.82 Å². The van der Waals surface area contributed by atoms with Gasteiger partial charge in [-0.25, -0.2) is 4.39 Å². The van der Waals surface area contributed by atoms with Crippen molar-refractivity contribution < 1.29 is 4.39 Å². The van der Waals surface area contributed by atoms with Gasteiger partial charge in [-0.15, -0.1) is 11.8 Å². The lowest BCUT2D eigenvalue weighted by Crippen LogP contribution is -2.19. The Morgan fingerprint density at radius 3 is 2.33 bits per heavy atom. The van der Waals surface area contributed by atoms with Gasteiger partial charge in [0.15, 0.2) is 0 Å². The van der Waals surface area contributed by atoms with Gasteiger partial charge < -0.3 is 4.90 Å². The molecule has 0 aliphatic heterocycles. The summed E-state index contributed by atoms with van der Waals surface area (Å²) in [6, 6.07) is 16.9. The second-order valence-electron chi connectivity index (χ2n) is 4.06. The van der Waals surface area contributed by atoms with E-state index in [2.05, 4.69) is 24.1 Å². The summed E-state index contributed by atoms with van der Waals surface area (Å²) in [4.78, 5) is 3.33. The third kappa shape index (κ3) is 3.77. The molecule has 0 saturated heterocycles. The highest BCUT2D eigenvalue weighted by atomic mass is 32.2. The Labute approximate surface area is 112 Å². The molecule has 0 amide bonds. The van der Waals surface area contributed by atoms with E-state index >= 15 is 0 Å². The monoisotopic (exact) mass is 261 g/mol. The lowest BCUT2D eigenvalue weighted by Gasteiger charge is -2.18. The van der Waals surface area contributed by atoms with Gasteiger partial charge in [0.1, 0.15) is 5.82 Å². The molecule has 0 aliphatic carbocycles. The van der Waals surface area contributed by atoms with Gasteiger partial charge in [0.05, 0.1) is 0 Å². The topological polar surface area (TPSA) is 3.24 Å². The minimum absolute atomic E-state index is 0.180. The Morgan fingerprint density at radius 2 is 1.67 bits per heavy atom. The second kappa shape index (κ2) is 6.45. The van der Waals surface area contributed by atoms with Crippen molar-refractivity contribution in [3.63, 3.8) is 0 Å². The zero-order chi connectivity index (χ0) is 12.8. The molecule has 0 heterocycles. The van der Waals surface area contributed by atoms with Crippen molar-refractivity contribution in [1.29, 1.82) is 0 Å². The van der Waals surface area contributed by atoms with Crippen LogP contribution in [0.2, 0.25) is 0 Å². The molecule has 1 nitrogen and oxygen atoms in total. The number of rotatable bonds is 5. The van der Waals surface area contributed by atoms with Crippen LogP contribution in [0.15, 0.2) is 59.5 Å². The minimum atomic E-state index is -0.180. The molecule has 0 N–H and O–H groups in total. The molecule has 0 aromatic heterocycles. The van der Waals surface area contributed by atoms with Gasteiger partial charge in [-0.05, 0) is 36.4 Å². The Balaban J connectivity index is 1.80. The molecule has 2 aromatic carbocycles. The van der Waals surface area contributed by atoms with E-state index in [1.54, 1.807) is 11.8 Å². The molecule has 0 unspecified atom stereocenters. The lowest BCUT2D eigenvalue weighted by molar-refractivity contribution is 0.626. The molecule has 0 fully saturated rings. The predicted molar refractivity (Wildman–Crippen MR) is 76.8 cm³/mol. The maximum atomic E-state index is 12.7. The van der Waals surface area contributed by atoms with Crippen molar-refractivity contribution in [1.82, 2.24) is 0 Å². The van der Waals surface area contributed by atoms with Crippen molar-refractivity contribution in [3.05, 3.63) is 60.4 Å². The van der Waals surface area contributed by atoms with Crippen LogP contribution in [0.5, 0.6) is 0 Å². The minimum Gasteiger partial charge on any atom is -0.374 e. The van der Waals surface area contributed by atoms with E-state index in [0.29, 0.717) is 0 Å². The number of anilines is 1. The summed E-state index contributed by atoms with van der Waals surface area (Å²) in [5.74, 6) is 0.803. The summed E-state index contributed by atoms with van der Waals surface area (Å²) in [6.07, 6.45) is 0. The Morgan fingerprint density at radius 1 is 1.00 bits per heavy atom. The standard InChI is InChI=1S/C15H16FNS/c1-17(14-5-3-2-4-6-14)11-12-18-15-9-7-13(16)8-10-15/h2-10H,11-12H2,1H3.